The highest BCUT2D eigenvalue weighted by molar-refractivity contribution is 8.01. The van der Waals surface area contributed by atoms with Crippen LogP contribution in [-0.4, -0.2) is 23.3 Å². The number of anilines is 1. The average molecular weight is 278 g/mol. The highest BCUT2D eigenvalue weighted by Gasteiger charge is 2.14. The molecule has 1 aromatic heterocycles. The average Bonchev–Trinajstić information content (AvgIpc) is 2.94. The summed E-state index contributed by atoms with van der Waals surface area (Å²) in [5, 5.41) is 0.601. The molecule has 4 heteroatoms. The Hall–Kier alpha value is -0.740. The van der Waals surface area contributed by atoms with Crippen molar-refractivity contribution in [3.63, 3.8) is 0 Å². The lowest BCUT2D eigenvalue weighted by atomic mass is 10.3. The van der Waals surface area contributed by atoms with Gasteiger partial charge < -0.3 is 4.90 Å². The quantitative estimate of drug-likeness (QED) is 0.774. The minimum absolute atomic E-state index is 0.601. The lowest BCUT2D eigenvalue weighted by Crippen LogP contribution is -2.17. The summed E-state index contributed by atoms with van der Waals surface area (Å²) in [5.74, 6) is 0. The van der Waals surface area contributed by atoms with Gasteiger partial charge in [-0.3, -0.25) is 0 Å². The number of thiazole rings is 1. The van der Waals surface area contributed by atoms with Crippen LogP contribution < -0.4 is 4.90 Å². The number of thioether (sulfide) groups is 1. The van der Waals surface area contributed by atoms with Crippen molar-refractivity contribution in [3.8, 4) is 0 Å². The van der Waals surface area contributed by atoms with E-state index >= 15 is 0 Å². The Balaban J connectivity index is 1.91. The largest absolute Gasteiger partial charge is 0.371 e. The van der Waals surface area contributed by atoms with Crippen molar-refractivity contribution in [2.24, 2.45) is 0 Å². The van der Waals surface area contributed by atoms with Crippen LogP contribution >= 0.6 is 23.1 Å². The van der Waals surface area contributed by atoms with Gasteiger partial charge in [-0.1, -0.05) is 25.6 Å². The van der Waals surface area contributed by atoms with Gasteiger partial charge >= 0.3 is 0 Å². The van der Waals surface area contributed by atoms with Crippen LogP contribution in [0.1, 0.15) is 26.7 Å². The Bertz CT molecular complexity index is 542. The SMILES string of the molecule is CC(C)Sc1nc2ccc(N3CCCC3)cc2s1. The third kappa shape index (κ3) is 2.50. The zero-order chi connectivity index (χ0) is 12.5. The van der Waals surface area contributed by atoms with Crippen molar-refractivity contribution in [1.29, 1.82) is 0 Å². The van der Waals surface area contributed by atoms with Crippen molar-refractivity contribution >= 4 is 39.0 Å². The smallest absolute Gasteiger partial charge is 0.151 e. The molecule has 1 aromatic carbocycles. The normalized spacial score (nSPS) is 16.1. The number of fused-ring (bicyclic) bond motifs is 1. The van der Waals surface area contributed by atoms with Gasteiger partial charge in [0.05, 0.1) is 10.2 Å². The van der Waals surface area contributed by atoms with Gasteiger partial charge in [-0.05, 0) is 31.0 Å². The molecule has 0 atom stereocenters. The first-order chi connectivity index (χ1) is 8.72. The fourth-order valence-electron chi connectivity index (χ4n) is 2.32. The molecule has 2 nitrogen and oxygen atoms in total. The fourth-order valence-corrected chi connectivity index (χ4v) is 4.64. The van der Waals surface area contributed by atoms with Gasteiger partial charge in [0.2, 0.25) is 0 Å². The number of benzene rings is 1. The molecule has 3 rings (SSSR count). The number of nitrogens with zero attached hydrogens (tertiary/aromatic N) is 2. The minimum Gasteiger partial charge on any atom is -0.371 e. The lowest BCUT2D eigenvalue weighted by molar-refractivity contribution is 0.949. The molecule has 0 bridgehead atoms. The molecule has 0 spiro atoms. The van der Waals surface area contributed by atoms with Crippen LogP contribution in [0.5, 0.6) is 0 Å². The van der Waals surface area contributed by atoms with E-state index in [-0.39, 0.29) is 0 Å². The van der Waals surface area contributed by atoms with Crippen molar-refractivity contribution in [2.45, 2.75) is 36.3 Å². The molecule has 1 aliphatic rings. The van der Waals surface area contributed by atoms with E-state index in [0.717, 1.165) is 5.52 Å². The molecule has 0 unspecified atom stereocenters. The Morgan fingerprint density at radius 1 is 1.28 bits per heavy atom. The van der Waals surface area contributed by atoms with Gasteiger partial charge in [0.15, 0.2) is 4.34 Å². The molecule has 0 amide bonds. The molecule has 0 aliphatic carbocycles. The molecular formula is C14H18N2S2. The molecule has 0 N–H and O–H groups in total. The van der Waals surface area contributed by atoms with Gasteiger partial charge in [0, 0.05) is 24.0 Å². The third-order valence-electron chi connectivity index (χ3n) is 3.16. The predicted octanol–water partition coefficient (Wildman–Crippen LogP) is 4.40. The Labute approximate surface area is 116 Å². The van der Waals surface area contributed by atoms with Gasteiger partial charge in [0.1, 0.15) is 0 Å². The first kappa shape index (κ1) is 12.3. The Kier molecular flexibility index (Phi) is 3.48. The first-order valence-electron chi connectivity index (χ1n) is 6.54. The predicted molar refractivity (Wildman–Crippen MR) is 82.1 cm³/mol. The van der Waals surface area contributed by atoms with E-state index in [1.807, 2.05) is 23.1 Å². The molecular weight excluding hydrogens is 260 g/mol. The van der Waals surface area contributed by atoms with Crippen LogP contribution in [0, 0.1) is 0 Å². The molecule has 1 saturated heterocycles. The molecule has 2 heterocycles. The van der Waals surface area contributed by atoms with E-state index in [0.29, 0.717) is 5.25 Å². The molecule has 2 aromatic rings. The minimum atomic E-state index is 0.601. The van der Waals surface area contributed by atoms with Gasteiger partial charge in [0.25, 0.3) is 0 Å². The van der Waals surface area contributed by atoms with Gasteiger partial charge in [-0.15, -0.1) is 11.3 Å². The number of hydrogen-bond donors (Lipinski definition) is 0. The number of hydrogen-bond acceptors (Lipinski definition) is 4. The monoisotopic (exact) mass is 278 g/mol. The van der Waals surface area contributed by atoms with Gasteiger partial charge in [-0.2, -0.15) is 0 Å². The maximum Gasteiger partial charge on any atom is 0.151 e. The van der Waals surface area contributed by atoms with Crippen LogP contribution in [0.4, 0.5) is 5.69 Å². The second-order valence-electron chi connectivity index (χ2n) is 4.99. The number of aromatic nitrogens is 1. The summed E-state index contributed by atoms with van der Waals surface area (Å²) in [5.41, 5.74) is 2.51. The molecule has 18 heavy (non-hydrogen) atoms. The maximum atomic E-state index is 4.68. The topological polar surface area (TPSA) is 16.1 Å². The van der Waals surface area contributed by atoms with Crippen LogP contribution in [0.15, 0.2) is 22.5 Å². The summed E-state index contributed by atoms with van der Waals surface area (Å²) in [6, 6.07) is 6.70. The van der Waals surface area contributed by atoms with Crippen molar-refractivity contribution in [2.75, 3.05) is 18.0 Å². The summed E-state index contributed by atoms with van der Waals surface area (Å²) in [4.78, 5) is 7.16. The van der Waals surface area contributed by atoms with E-state index in [4.69, 9.17) is 0 Å². The highest BCUT2D eigenvalue weighted by Crippen LogP contribution is 2.34. The molecule has 1 fully saturated rings. The van der Waals surface area contributed by atoms with E-state index in [1.54, 1.807) is 0 Å². The van der Waals surface area contributed by atoms with Gasteiger partial charge in [-0.25, -0.2) is 4.98 Å². The maximum absolute atomic E-state index is 4.68. The van der Waals surface area contributed by atoms with Crippen molar-refractivity contribution < 1.29 is 0 Å². The zero-order valence-corrected chi connectivity index (χ0v) is 12.5. The number of rotatable bonds is 3. The standard InChI is InChI=1S/C14H18N2S2/c1-10(2)17-14-15-12-6-5-11(9-13(12)18-14)16-7-3-4-8-16/h5-6,9-10H,3-4,7-8H2,1-2H3. The summed E-state index contributed by atoms with van der Waals surface area (Å²) < 4.78 is 2.51. The van der Waals surface area contributed by atoms with Crippen LogP contribution in [0.3, 0.4) is 0 Å². The zero-order valence-electron chi connectivity index (χ0n) is 10.8. The van der Waals surface area contributed by atoms with E-state index in [1.165, 1.54) is 40.7 Å². The lowest BCUT2D eigenvalue weighted by Gasteiger charge is -2.16. The summed E-state index contributed by atoms with van der Waals surface area (Å²) in [6.07, 6.45) is 2.66. The molecule has 0 saturated carbocycles. The summed E-state index contributed by atoms with van der Waals surface area (Å²) >= 11 is 3.68. The van der Waals surface area contributed by atoms with Crippen LogP contribution in [0.25, 0.3) is 10.2 Å². The van der Waals surface area contributed by atoms with E-state index in [2.05, 4.69) is 41.9 Å². The molecule has 0 radical (unpaired) electrons. The van der Waals surface area contributed by atoms with E-state index < -0.39 is 0 Å². The second-order valence-corrected chi connectivity index (χ2v) is 7.85. The fraction of sp³-hybridized carbons (Fsp3) is 0.500. The van der Waals surface area contributed by atoms with Crippen LogP contribution in [-0.2, 0) is 0 Å². The molecule has 1 aliphatic heterocycles. The highest BCUT2D eigenvalue weighted by atomic mass is 32.2. The summed E-state index contributed by atoms with van der Waals surface area (Å²) in [6.45, 7) is 6.84. The Morgan fingerprint density at radius 2 is 2.06 bits per heavy atom. The van der Waals surface area contributed by atoms with Crippen LogP contribution in [0.2, 0.25) is 0 Å². The second kappa shape index (κ2) is 5.10. The van der Waals surface area contributed by atoms with Crippen molar-refractivity contribution in [3.05, 3.63) is 18.2 Å². The molecule has 96 valence electrons. The first-order valence-corrected chi connectivity index (χ1v) is 8.24. The third-order valence-corrected chi connectivity index (χ3v) is 5.28. The Morgan fingerprint density at radius 3 is 2.78 bits per heavy atom. The van der Waals surface area contributed by atoms with E-state index in [9.17, 15) is 0 Å². The van der Waals surface area contributed by atoms with Crippen molar-refractivity contribution in [1.82, 2.24) is 4.98 Å². The summed E-state index contributed by atoms with van der Waals surface area (Å²) in [7, 11) is 0.